The Hall–Kier alpha value is -1.20. The molecule has 0 aliphatic carbocycles. The van der Waals surface area contributed by atoms with Crippen molar-refractivity contribution in [1.82, 2.24) is 0 Å². The second-order valence-electron chi connectivity index (χ2n) is 3.98. The maximum absolute atomic E-state index is 10.7. The topological polar surface area (TPSA) is 52.4 Å². The summed E-state index contributed by atoms with van der Waals surface area (Å²) in [7, 11) is 0. The molecule has 0 spiro atoms. The molecule has 0 radical (unpaired) electrons. The van der Waals surface area contributed by atoms with Crippen molar-refractivity contribution < 1.29 is 9.66 Å². The summed E-state index contributed by atoms with van der Waals surface area (Å²) in [5, 5.41) is 11.2. The number of ether oxygens (including phenoxy) is 1. The molecule has 2 rings (SSSR count). The maximum Gasteiger partial charge on any atom is 0.272 e. The molecule has 0 aliphatic heterocycles. The molecule has 110 valence electrons. The summed E-state index contributed by atoms with van der Waals surface area (Å²) in [5.74, 6) is 0.696. The lowest BCUT2D eigenvalue weighted by atomic mass is 10.2. The van der Waals surface area contributed by atoms with Crippen molar-refractivity contribution >= 4 is 52.1 Å². The summed E-state index contributed by atoms with van der Waals surface area (Å²) in [6, 6.07) is 7.26. The highest BCUT2D eigenvalue weighted by Gasteiger charge is 2.17. The predicted molar refractivity (Wildman–Crippen MR) is 84.2 cm³/mol. The highest BCUT2D eigenvalue weighted by molar-refractivity contribution is 6.37. The number of hydrogen-bond acceptors (Lipinski definition) is 3. The van der Waals surface area contributed by atoms with Gasteiger partial charge in [0.25, 0.3) is 5.69 Å². The third-order valence-corrected chi connectivity index (χ3v) is 3.66. The zero-order chi connectivity index (χ0) is 15.6. The second-order valence-corrected chi connectivity index (χ2v) is 5.50. The fourth-order valence-electron chi connectivity index (χ4n) is 1.59. The van der Waals surface area contributed by atoms with E-state index in [1.807, 2.05) is 0 Å². The second kappa shape index (κ2) is 6.71. The first-order valence-corrected chi connectivity index (χ1v) is 7.25. The van der Waals surface area contributed by atoms with E-state index < -0.39 is 4.92 Å². The molecule has 4 nitrogen and oxygen atoms in total. The Morgan fingerprint density at radius 2 is 1.71 bits per heavy atom. The molecule has 0 heterocycles. The Balaban J connectivity index is 2.45. The quantitative estimate of drug-likeness (QED) is 0.374. The minimum absolute atomic E-state index is 0.0229. The van der Waals surface area contributed by atoms with Crippen molar-refractivity contribution in [2.45, 2.75) is 5.88 Å². The van der Waals surface area contributed by atoms with Gasteiger partial charge in [-0.05, 0) is 12.1 Å². The van der Waals surface area contributed by atoms with Gasteiger partial charge in [-0.1, -0.05) is 40.9 Å². The van der Waals surface area contributed by atoms with Gasteiger partial charge in [0.1, 0.15) is 5.75 Å². The summed E-state index contributed by atoms with van der Waals surface area (Å²) < 4.78 is 5.62. The van der Waals surface area contributed by atoms with Crippen LogP contribution in [-0.4, -0.2) is 4.92 Å². The highest BCUT2D eigenvalue weighted by Crippen LogP contribution is 2.40. The van der Waals surface area contributed by atoms with Crippen LogP contribution in [0.2, 0.25) is 15.1 Å². The summed E-state index contributed by atoms with van der Waals surface area (Å²) in [6.45, 7) is 0. The average molecular weight is 367 g/mol. The normalized spacial score (nSPS) is 10.5. The number of hydrogen-bond donors (Lipinski definition) is 0. The van der Waals surface area contributed by atoms with Crippen LogP contribution < -0.4 is 4.74 Å². The SMILES string of the molecule is O=[N+]([O-])c1cc(Cl)c(Oc2cc(Cl)ccc2CCl)c(Cl)c1. The first kappa shape index (κ1) is 16.2. The molecule has 0 atom stereocenters. The molecule has 2 aromatic rings. The molecule has 0 N–H and O–H groups in total. The summed E-state index contributed by atoms with van der Waals surface area (Å²) in [4.78, 5) is 10.1. The number of non-ortho nitro benzene ring substituents is 1. The maximum atomic E-state index is 10.7. The van der Waals surface area contributed by atoms with E-state index in [1.165, 1.54) is 0 Å². The van der Waals surface area contributed by atoms with E-state index in [1.54, 1.807) is 18.2 Å². The molecule has 0 aliphatic rings. The third-order valence-electron chi connectivity index (χ3n) is 2.58. The van der Waals surface area contributed by atoms with Gasteiger partial charge in [0.2, 0.25) is 0 Å². The molecule has 0 bridgehead atoms. The van der Waals surface area contributed by atoms with Crippen LogP contribution in [0.3, 0.4) is 0 Å². The molecular weight excluding hydrogens is 360 g/mol. The number of halogens is 4. The summed E-state index contributed by atoms with van der Waals surface area (Å²) in [6.07, 6.45) is 0. The van der Waals surface area contributed by atoms with Crippen molar-refractivity contribution in [2.24, 2.45) is 0 Å². The molecule has 0 saturated carbocycles. The van der Waals surface area contributed by atoms with E-state index in [-0.39, 0.29) is 27.4 Å². The first-order valence-electron chi connectivity index (χ1n) is 5.58. The van der Waals surface area contributed by atoms with Crippen LogP contribution >= 0.6 is 46.4 Å². The van der Waals surface area contributed by atoms with Crippen LogP contribution in [0.25, 0.3) is 0 Å². The van der Waals surface area contributed by atoms with Crippen molar-refractivity contribution in [3.63, 3.8) is 0 Å². The van der Waals surface area contributed by atoms with Gasteiger partial charge in [-0.15, -0.1) is 11.6 Å². The van der Waals surface area contributed by atoms with E-state index in [9.17, 15) is 10.1 Å². The zero-order valence-electron chi connectivity index (χ0n) is 10.3. The first-order chi connectivity index (χ1) is 9.92. The van der Waals surface area contributed by atoms with E-state index >= 15 is 0 Å². The number of benzene rings is 2. The van der Waals surface area contributed by atoms with Gasteiger partial charge in [-0.3, -0.25) is 10.1 Å². The van der Waals surface area contributed by atoms with Crippen molar-refractivity contribution in [1.29, 1.82) is 0 Å². The number of rotatable bonds is 4. The molecule has 2 aromatic carbocycles. The van der Waals surface area contributed by atoms with E-state index in [4.69, 9.17) is 51.1 Å². The molecule has 0 aromatic heterocycles. The van der Waals surface area contributed by atoms with Gasteiger partial charge in [0, 0.05) is 22.7 Å². The summed E-state index contributed by atoms with van der Waals surface area (Å²) in [5.41, 5.74) is 0.465. The monoisotopic (exact) mass is 365 g/mol. The van der Waals surface area contributed by atoms with E-state index in [0.717, 1.165) is 12.1 Å². The number of nitrogens with zero attached hydrogens (tertiary/aromatic N) is 1. The molecule has 0 saturated heterocycles. The molecule has 0 unspecified atom stereocenters. The van der Waals surface area contributed by atoms with Crippen LogP contribution in [0, 0.1) is 10.1 Å². The Morgan fingerprint density at radius 1 is 1.10 bits per heavy atom. The van der Waals surface area contributed by atoms with Crippen molar-refractivity contribution in [3.8, 4) is 11.5 Å². The Labute approximate surface area is 140 Å². The van der Waals surface area contributed by atoms with Crippen molar-refractivity contribution in [3.05, 3.63) is 61.1 Å². The van der Waals surface area contributed by atoms with Crippen LogP contribution in [0.4, 0.5) is 5.69 Å². The van der Waals surface area contributed by atoms with Gasteiger partial charge in [0.05, 0.1) is 20.8 Å². The predicted octanol–water partition coefficient (Wildman–Crippen LogP) is 6.09. The standard InChI is InChI=1S/C13H7Cl4NO3/c14-6-7-1-2-8(15)3-12(7)21-13-10(16)4-9(18(19)20)5-11(13)17/h1-5H,6H2. The summed E-state index contributed by atoms with van der Waals surface area (Å²) >= 11 is 23.7. The Kier molecular flexibility index (Phi) is 5.17. The van der Waals surface area contributed by atoms with Crippen molar-refractivity contribution in [2.75, 3.05) is 0 Å². The van der Waals surface area contributed by atoms with Gasteiger partial charge in [-0.2, -0.15) is 0 Å². The van der Waals surface area contributed by atoms with E-state index in [0.29, 0.717) is 16.3 Å². The molecule has 0 fully saturated rings. The van der Waals surface area contributed by atoms with Crippen LogP contribution in [0.5, 0.6) is 11.5 Å². The molecule has 8 heteroatoms. The fraction of sp³-hybridized carbons (Fsp3) is 0.0769. The van der Waals surface area contributed by atoms with Crippen LogP contribution in [0.1, 0.15) is 5.56 Å². The lowest BCUT2D eigenvalue weighted by Crippen LogP contribution is -1.94. The molecular formula is C13H7Cl4NO3. The van der Waals surface area contributed by atoms with Gasteiger partial charge < -0.3 is 4.74 Å². The average Bonchev–Trinajstić information content (AvgIpc) is 2.42. The zero-order valence-corrected chi connectivity index (χ0v) is 13.3. The molecule has 21 heavy (non-hydrogen) atoms. The molecule has 0 amide bonds. The minimum atomic E-state index is -0.592. The van der Waals surface area contributed by atoms with Gasteiger partial charge in [0.15, 0.2) is 5.75 Å². The van der Waals surface area contributed by atoms with Crippen LogP contribution in [-0.2, 0) is 5.88 Å². The lowest BCUT2D eigenvalue weighted by Gasteiger charge is -2.12. The lowest BCUT2D eigenvalue weighted by molar-refractivity contribution is -0.384. The van der Waals surface area contributed by atoms with Gasteiger partial charge >= 0.3 is 0 Å². The number of nitro benzene ring substituents is 1. The number of nitro groups is 1. The Morgan fingerprint density at radius 3 is 2.24 bits per heavy atom. The third kappa shape index (κ3) is 3.71. The highest BCUT2D eigenvalue weighted by atomic mass is 35.5. The van der Waals surface area contributed by atoms with Gasteiger partial charge in [-0.25, -0.2) is 0 Å². The smallest absolute Gasteiger partial charge is 0.272 e. The largest absolute Gasteiger partial charge is 0.454 e. The number of alkyl halides is 1. The minimum Gasteiger partial charge on any atom is -0.454 e. The Bertz CT molecular complexity index is 683. The fourth-order valence-corrected chi connectivity index (χ4v) is 2.53. The van der Waals surface area contributed by atoms with Crippen LogP contribution in [0.15, 0.2) is 30.3 Å². The van der Waals surface area contributed by atoms with E-state index in [2.05, 4.69) is 0 Å².